The Morgan fingerprint density at radius 1 is 1.41 bits per heavy atom. The van der Waals surface area contributed by atoms with Gasteiger partial charge < -0.3 is 5.32 Å². The Labute approximate surface area is 111 Å². The molecule has 1 aromatic heterocycles. The van der Waals surface area contributed by atoms with Gasteiger partial charge in [-0.15, -0.1) is 11.6 Å². The van der Waals surface area contributed by atoms with E-state index in [9.17, 15) is 4.39 Å². The molecule has 0 aromatic carbocycles. The van der Waals surface area contributed by atoms with Crippen LogP contribution >= 0.6 is 23.2 Å². The predicted molar refractivity (Wildman–Crippen MR) is 69.3 cm³/mol. The van der Waals surface area contributed by atoms with Gasteiger partial charge in [0.1, 0.15) is 0 Å². The molecular formula is C12H15Cl2FN2. The number of alkyl halides is 1. The molecule has 1 aliphatic carbocycles. The van der Waals surface area contributed by atoms with Gasteiger partial charge in [-0.1, -0.05) is 24.4 Å². The van der Waals surface area contributed by atoms with E-state index in [1.807, 2.05) is 0 Å². The summed E-state index contributed by atoms with van der Waals surface area (Å²) in [6.45, 7) is 0.669. The average molecular weight is 277 g/mol. The highest BCUT2D eigenvalue weighted by molar-refractivity contribution is 6.30. The van der Waals surface area contributed by atoms with Crippen molar-refractivity contribution in [3.8, 4) is 0 Å². The van der Waals surface area contributed by atoms with Gasteiger partial charge in [0.25, 0.3) is 0 Å². The number of hydrogen-bond acceptors (Lipinski definition) is 2. The van der Waals surface area contributed by atoms with E-state index in [-0.39, 0.29) is 11.2 Å². The molecule has 0 unspecified atom stereocenters. The largest absolute Gasteiger partial charge is 0.367 e. The van der Waals surface area contributed by atoms with Gasteiger partial charge in [0, 0.05) is 24.0 Å². The van der Waals surface area contributed by atoms with Crippen LogP contribution in [0.3, 0.4) is 0 Å². The zero-order valence-electron chi connectivity index (χ0n) is 9.48. The maximum atomic E-state index is 13.5. The summed E-state index contributed by atoms with van der Waals surface area (Å²) in [6, 6.07) is 1.26. The van der Waals surface area contributed by atoms with Crippen LogP contribution in [-0.4, -0.2) is 17.4 Å². The Balaban J connectivity index is 2.01. The highest BCUT2D eigenvalue weighted by Crippen LogP contribution is 2.39. The topological polar surface area (TPSA) is 24.9 Å². The molecule has 0 radical (unpaired) electrons. The lowest BCUT2D eigenvalue weighted by molar-refractivity contribution is 0.367. The van der Waals surface area contributed by atoms with Crippen LogP contribution in [-0.2, 0) is 0 Å². The molecule has 0 atom stereocenters. The van der Waals surface area contributed by atoms with E-state index < -0.39 is 5.82 Å². The van der Waals surface area contributed by atoms with Gasteiger partial charge in [-0.3, -0.25) is 0 Å². The third-order valence-electron chi connectivity index (χ3n) is 3.39. The summed E-state index contributed by atoms with van der Waals surface area (Å²) in [5, 5.41) is 3.35. The van der Waals surface area contributed by atoms with E-state index in [0.717, 1.165) is 12.8 Å². The molecule has 0 aliphatic heterocycles. The Morgan fingerprint density at radius 2 is 2.12 bits per heavy atom. The Hall–Kier alpha value is -0.540. The first-order valence-electron chi connectivity index (χ1n) is 5.76. The summed E-state index contributed by atoms with van der Waals surface area (Å²) in [5.74, 6) is 0.445. The minimum Gasteiger partial charge on any atom is -0.367 e. The quantitative estimate of drug-likeness (QED) is 0.838. The summed E-state index contributed by atoms with van der Waals surface area (Å²) in [4.78, 5) is 3.94. The molecule has 94 valence electrons. The molecule has 2 rings (SSSR count). The maximum absolute atomic E-state index is 13.5. The van der Waals surface area contributed by atoms with Crippen molar-refractivity contribution in [2.75, 3.05) is 17.7 Å². The van der Waals surface area contributed by atoms with Crippen molar-refractivity contribution in [2.45, 2.75) is 25.7 Å². The number of anilines is 1. The van der Waals surface area contributed by atoms with Crippen LogP contribution in [0.5, 0.6) is 0 Å². The van der Waals surface area contributed by atoms with Crippen LogP contribution < -0.4 is 5.32 Å². The van der Waals surface area contributed by atoms with Crippen LogP contribution in [0.4, 0.5) is 10.2 Å². The zero-order valence-corrected chi connectivity index (χ0v) is 11.0. The lowest BCUT2D eigenvalue weighted by Gasteiger charge is -2.26. The first kappa shape index (κ1) is 12.9. The molecule has 1 fully saturated rings. The monoisotopic (exact) mass is 276 g/mol. The van der Waals surface area contributed by atoms with E-state index in [0.29, 0.717) is 17.4 Å². The highest BCUT2D eigenvalue weighted by atomic mass is 35.5. The fourth-order valence-corrected chi connectivity index (χ4v) is 2.80. The molecule has 1 heterocycles. The van der Waals surface area contributed by atoms with Gasteiger partial charge in [0.15, 0.2) is 11.6 Å². The summed E-state index contributed by atoms with van der Waals surface area (Å²) >= 11 is 11.7. The second-order valence-corrected chi connectivity index (χ2v) is 5.38. The first-order chi connectivity index (χ1) is 8.15. The molecule has 17 heavy (non-hydrogen) atoms. The maximum Gasteiger partial charge on any atom is 0.166 e. The van der Waals surface area contributed by atoms with Crippen LogP contribution in [0.1, 0.15) is 25.7 Å². The molecule has 0 saturated heterocycles. The molecule has 5 heteroatoms. The summed E-state index contributed by atoms with van der Waals surface area (Å²) < 4.78 is 13.5. The molecular weight excluding hydrogens is 262 g/mol. The average Bonchev–Trinajstić information content (AvgIpc) is 2.77. The molecule has 1 aromatic rings. The number of halogens is 3. The number of pyridine rings is 1. The number of rotatable bonds is 4. The van der Waals surface area contributed by atoms with Crippen molar-refractivity contribution in [1.82, 2.24) is 4.98 Å². The fourth-order valence-electron chi connectivity index (χ4n) is 2.30. The number of hydrogen-bond donors (Lipinski definition) is 1. The lowest BCUT2D eigenvalue weighted by Crippen LogP contribution is -2.29. The van der Waals surface area contributed by atoms with Crippen LogP contribution in [0.2, 0.25) is 5.02 Å². The highest BCUT2D eigenvalue weighted by Gasteiger charge is 2.33. The van der Waals surface area contributed by atoms with Crippen molar-refractivity contribution in [3.05, 3.63) is 23.1 Å². The third-order valence-corrected chi connectivity index (χ3v) is 4.16. The molecule has 1 N–H and O–H groups in total. The lowest BCUT2D eigenvalue weighted by atomic mass is 9.88. The Morgan fingerprint density at radius 3 is 2.71 bits per heavy atom. The summed E-state index contributed by atoms with van der Waals surface area (Å²) in [6.07, 6.45) is 6.03. The standard InChI is InChI=1S/C12H15Cl2FN2/c13-7-12(3-1-2-4-12)8-17-11-10(15)5-9(14)6-16-11/h5-6H,1-4,7-8H2,(H,16,17). The normalized spacial score (nSPS) is 18.3. The van der Waals surface area contributed by atoms with Gasteiger partial charge in [-0.25, -0.2) is 9.37 Å². The molecule has 0 amide bonds. The molecule has 2 nitrogen and oxygen atoms in total. The number of nitrogens with zero attached hydrogens (tertiary/aromatic N) is 1. The van der Waals surface area contributed by atoms with Gasteiger partial charge in [0.2, 0.25) is 0 Å². The minimum absolute atomic E-state index is 0.0926. The smallest absolute Gasteiger partial charge is 0.166 e. The first-order valence-corrected chi connectivity index (χ1v) is 6.67. The molecule has 0 bridgehead atoms. The van der Waals surface area contributed by atoms with E-state index in [1.54, 1.807) is 0 Å². The Bertz CT molecular complexity index is 392. The van der Waals surface area contributed by atoms with Crippen molar-refractivity contribution in [1.29, 1.82) is 0 Å². The van der Waals surface area contributed by atoms with Gasteiger partial charge in [0.05, 0.1) is 5.02 Å². The zero-order chi connectivity index (χ0) is 12.3. The van der Waals surface area contributed by atoms with E-state index in [1.165, 1.54) is 25.1 Å². The molecule has 1 aliphatic rings. The second-order valence-electron chi connectivity index (χ2n) is 4.68. The van der Waals surface area contributed by atoms with Crippen LogP contribution in [0.25, 0.3) is 0 Å². The van der Waals surface area contributed by atoms with Crippen LogP contribution in [0.15, 0.2) is 12.3 Å². The number of aromatic nitrogens is 1. The van der Waals surface area contributed by atoms with Crippen molar-refractivity contribution in [3.63, 3.8) is 0 Å². The van der Waals surface area contributed by atoms with Crippen molar-refractivity contribution < 1.29 is 4.39 Å². The Kier molecular flexibility index (Phi) is 4.10. The van der Waals surface area contributed by atoms with E-state index in [4.69, 9.17) is 23.2 Å². The second kappa shape index (κ2) is 5.40. The van der Waals surface area contributed by atoms with Crippen LogP contribution in [0, 0.1) is 11.2 Å². The minimum atomic E-state index is -0.416. The van der Waals surface area contributed by atoms with E-state index >= 15 is 0 Å². The van der Waals surface area contributed by atoms with Crippen molar-refractivity contribution in [2.24, 2.45) is 5.41 Å². The van der Waals surface area contributed by atoms with Gasteiger partial charge in [-0.05, 0) is 18.9 Å². The van der Waals surface area contributed by atoms with Gasteiger partial charge >= 0.3 is 0 Å². The fraction of sp³-hybridized carbons (Fsp3) is 0.583. The number of nitrogens with one attached hydrogen (secondary N) is 1. The predicted octanol–water partition coefficient (Wildman–Crippen LogP) is 4.09. The third kappa shape index (κ3) is 3.02. The van der Waals surface area contributed by atoms with Crippen molar-refractivity contribution >= 4 is 29.0 Å². The molecule has 0 spiro atoms. The van der Waals surface area contributed by atoms with E-state index in [2.05, 4.69) is 10.3 Å². The SMILES string of the molecule is Fc1cc(Cl)cnc1NCC1(CCl)CCCC1. The van der Waals surface area contributed by atoms with Gasteiger partial charge in [-0.2, -0.15) is 0 Å². The molecule has 1 saturated carbocycles. The summed E-state index contributed by atoms with van der Waals surface area (Å²) in [7, 11) is 0. The summed E-state index contributed by atoms with van der Waals surface area (Å²) in [5.41, 5.74) is 0.0926.